The lowest BCUT2D eigenvalue weighted by atomic mass is 10.1. The van der Waals surface area contributed by atoms with Crippen LogP contribution in [0.15, 0.2) is 42.5 Å². The van der Waals surface area contributed by atoms with Crippen molar-refractivity contribution in [2.75, 3.05) is 20.8 Å². The van der Waals surface area contributed by atoms with Crippen molar-refractivity contribution in [3.05, 3.63) is 53.6 Å². The Bertz CT molecular complexity index is 775. The quantitative estimate of drug-likeness (QED) is 0.738. The van der Waals surface area contributed by atoms with Gasteiger partial charge in [0.05, 0.1) is 19.8 Å². The molecule has 0 bridgehead atoms. The van der Waals surface area contributed by atoms with Gasteiger partial charge in [-0.15, -0.1) is 0 Å². The van der Waals surface area contributed by atoms with Gasteiger partial charge in [-0.25, -0.2) is 0 Å². The largest absolute Gasteiger partial charge is 0.496 e. The highest BCUT2D eigenvalue weighted by Gasteiger charge is 2.36. The van der Waals surface area contributed by atoms with Crippen LogP contribution in [0, 0.1) is 0 Å². The number of alkyl halides is 2. The zero-order chi connectivity index (χ0) is 19.4. The van der Waals surface area contributed by atoms with Crippen LogP contribution in [0.2, 0.25) is 0 Å². The van der Waals surface area contributed by atoms with Crippen molar-refractivity contribution in [3.63, 3.8) is 0 Å². The van der Waals surface area contributed by atoms with E-state index in [9.17, 15) is 13.6 Å². The van der Waals surface area contributed by atoms with Crippen molar-refractivity contribution in [1.29, 1.82) is 0 Å². The van der Waals surface area contributed by atoms with Gasteiger partial charge in [-0.1, -0.05) is 18.2 Å². The smallest absolute Gasteiger partial charge is 0.387 e. The number of benzene rings is 2. The van der Waals surface area contributed by atoms with E-state index in [2.05, 4.69) is 4.74 Å². The summed E-state index contributed by atoms with van der Waals surface area (Å²) in [6.07, 6.45) is -0.680. The maximum Gasteiger partial charge on any atom is 0.387 e. The molecule has 1 aliphatic heterocycles. The summed E-state index contributed by atoms with van der Waals surface area (Å²) in [4.78, 5) is 13.9. The van der Waals surface area contributed by atoms with E-state index in [4.69, 9.17) is 14.2 Å². The molecule has 0 aromatic heterocycles. The number of hydrogen-bond donors (Lipinski definition) is 0. The average molecular weight is 379 g/mol. The second-order valence-corrected chi connectivity index (χ2v) is 5.78. The van der Waals surface area contributed by atoms with Crippen LogP contribution < -0.4 is 14.2 Å². The van der Waals surface area contributed by atoms with Crippen LogP contribution in [0.4, 0.5) is 8.78 Å². The molecule has 1 unspecified atom stereocenters. The van der Waals surface area contributed by atoms with Crippen molar-refractivity contribution in [1.82, 2.24) is 4.90 Å². The Kier molecular flexibility index (Phi) is 5.75. The van der Waals surface area contributed by atoms with Gasteiger partial charge in [0.1, 0.15) is 23.9 Å². The standard InChI is InChI=1S/C19H19F2NO5/c1-24-14-4-3-5-15(25-2)17(14)18-22(16(23)11-26-18)10-12-6-8-13(9-7-12)27-19(20)21/h3-9,18-19H,10-11H2,1-2H3. The summed E-state index contributed by atoms with van der Waals surface area (Å²) < 4.78 is 45.4. The van der Waals surface area contributed by atoms with Crippen LogP contribution >= 0.6 is 0 Å². The van der Waals surface area contributed by atoms with Crippen LogP contribution in [0.25, 0.3) is 0 Å². The number of rotatable bonds is 7. The molecule has 2 aromatic rings. The first-order valence-corrected chi connectivity index (χ1v) is 8.19. The van der Waals surface area contributed by atoms with E-state index in [1.165, 1.54) is 26.4 Å². The third-order valence-corrected chi connectivity index (χ3v) is 4.18. The predicted octanol–water partition coefficient (Wildman–Crippen LogP) is 3.36. The number of halogens is 2. The molecule has 1 amide bonds. The molecule has 1 heterocycles. The van der Waals surface area contributed by atoms with Gasteiger partial charge in [-0.3, -0.25) is 4.79 Å². The van der Waals surface area contributed by atoms with Crippen LogP contribution in [0.1, 0.15) is 17.4 Å². The minimum absolute atomic E-state index is 0.0562. The summed E-state index contributed by atoms with van der Waals surface area (Å²) in [5, 5.41) is 0. The van der Waals surface area contributed by atoms with Gasteiger partial charge >= 0.3 is 6.61 Å². The Morgan fingerprint density at radius 2 is 1.74 bits per heavy atom. The molecule has 0 radical (unpaired) electrons. The summed E-state index contributed by atoms with van der Waals surface area (Å²) in [6.45, 7) is -2.72. The predicted molar refractivity (Wildman–Crippen MR) is 91.9 cm³/mol. The van der Waals surface area contributed by atoms with Crippen LogP contribution in [0.3, 0.4) is 0 Å². The molecule has 8 heteroatoms. The Balaban J connectivity index is 1.85. The van der Waals surface area contributed by atoms with E-state index in [-0.39, 0.29) is 24.8 Å². The lowest BCUT2D eigenvalue weighted by molar-refractivity contribution is -0.128. The highest BCUT2D eigenvalue weighted by Crippen LogP contribution is 2.40. The summed E-state index contributed by atoms with van der Waals surface area (Å²) in [5.74, 6) is 0.945. The highest BCUT2D eigenvalue weighted by atomic mass is 19.3. The van der Waals surface area contributed by atoms with Crippen molar-refractivity contribution < 1.29 is 32.5 Å². The fraction of sp³-hybridized carbons (Fsp3) is 0.316. The first kappa shape index (κ1) is 18.9. The molecule has 27 heavy (non-hydrogen) atoms. The SMILES string of the molecule is COc1cccc(OC)c1C1OCC(=O)N1Cc1ccc(OC(F)F)cc1. The van der Waals surface area contributed by atoms with Gasteiger partial charge in [0.2, 0.25) is 0 Å². The highest BCUT2D eigenvalue weighted by molar-refractivity contribution is 5.80. The van der Waals surface area contributed by atoms with Crippen molar-refractivity contribution in [3.8, 4) is 17.2 Å². The van der Waals surface area contributed by atoms with E-state index < -0.39 is 12.8 Å². The number of methoxy groups -OCH3 is 2. The van der Waals surface area contributed by atoms with Gasteiger partial charge in [0, 0.05) is 6.54 Å². The van der Waals surface area contributed by atoms with E-state index in [0.29, 0.717) is 17.1 Å². The fourth-order valence-corrected chi connectivity index (χ4v) is 2.96. The fourth-order valence-electron chi connectivity index (χ4n) is 2.96. The molecule has 1 aliphatic rings. The molecule has 0 N–H and O–H groups in total. The van der Waals surface area contributed by atoms with Gasteiger partial charge in [0.15, 0.2) is 6.23 Å². The molecule has 144 valence electrons. The van der Waals surface area contributed by atoms with Gasteiger partial charge in [0.25, 0.3) is 5.91 Å². The first-order chi connectivity index (χ1) is 13.0. The molecule has 1 fully saturated rings. The lowest BCUT2D eigenvalue weighted by Crippen LogP contribution is -2.28. The van der Waals surface area contributed by atoms with Crippen LogP contribution in [0.5, 0.6) is 17.2 Å². The lowest BCUT2D eigenvalue weighted by Gasteiger charge is -2.26. The molecule has 6 nitrogen and oxygen atoms in total. The summed E-state index contributed by atoms with van der Waals surface area (Å²) >= 11 is 0. The number of carbonyl (C=O) groups excluding carboxylic acids is 1. The molecule has 0 aliphatic carbocycles. The normalized spacial score (nSPS) is 16.7. The average Bonchev–Trinajstić information content (AvgIpc) is 3.02. The molecule has 0 saturated carbocycles. The van der Waals surface area contributed by atoms with Gasteiger partial charge in [-0.2, -0.15) is 8.78 Å². The number of nitrogens with zero attached hydrogens (tertiary/aromatic N) is 1. The minimum Gasteiger partial charge on any atom is -0.496 e. The monoisotopic (exact) mass is 379 g/mol. The topological polar surface area (TPSA) is 57.2 Å². The zero-order valence-electron chi connectivity index (χ0n) is 14.9. The van der Waals surface area contributed by atoms with E-state index >= 15 is 0 Å². The number of ether oxygens (including phenoxy) is 4. The summed E-state index contributed by atoms with van der Waals surface area (Å²) in [7, 11) is 3.06. The Morgan fingerprint density at radius 1 is 1.11 bits per heavy atom. The zero-order valence-corrected chi connectivity index (χ0v) is 14.9. The molecule has 0 spiro atoms. The first-order valence-electron chi connectivity index (χ1n) is 8.19. The van der Waals surface area contributed by atoms with Crippen molar-refractivity contribution in [2.24, 2.45) is 0 Å². The Labute approximate surface area is 155 Å². The van der Waals surface area contributed by atoms with E-state index in [1.54, 1.807) is 35.2 Å². The Morgan fingerprint density at radius 3 is 2.30 bits per heavy atom. The maximum atomic E-state index is 12.4. The minimum atomic E-state index is -2.88. The molecule has 1 saturated heterocycles. The van der Waals surface area contributed by atoms with Gasteiger partial charge < -0.3 is 23.8 Å². The van der Waals surface area contributed by atoms with Gasteiger partial charge in [-0.05, 0) is 29.8 Å². The number of amides is 1. The molecular weight excluding hydrogens is 360 g/mol. The van der Waals surface area contributed by atoms with E-state index in [1.807, 2.05) is 0 Å². The second-order valence-electron chi connectivity index (χ2n) is 5.78. The van der Waals surface area contributed by atoms with Crippen LogP contribution in [-0.4, -0.2) is 38.2 Å². The third kappa shape index (κ3) is 4.11. The molecular formula is C19H19F2NO5. The number of hydrogen-bond acceptors (Lipinski definition) is 5. The summed E-state index contributed by atoms with van der Waals surface area (Å²) in [6, 6.07) is 11.4. The third-order valence-electron chi connectivity index (χ3n) is 4.18. The van der Waals surface area contributed by atoms with Crippen molar-refractivity contribution >= 4 is 5.91 Å². The molecule has 1 atom stereocenters. The number of carbonyl (C=O) groups is 1. The van der Waals surface area contributed by atoms with Crippen LogP contribution in [-0.2, 0) is 16.1 Å². The maximum absolute atomic E-state index is 12.4. The summed E-state index contributed by atoms with van der Waals surface area (Å²) in [5.41, 5.74) is 1.36. The second kappa shape index (κ2) is 8.22. The van der Waals surface area contributed by atoms with E-state index in [0.717, 1.165) is 5.56 Å². The molecule has 2 aromatic carbocycles. The molecule has 3 rings (SSSR count). The Hall–Kier alpha value is -2.87. The van der Waals surface area contributed by atoms with Crippen molar-refractivity contribution in [2.45, 2.75) is 19.4 Å².